The van der Waals surface area contributed by atoms with Gasteiger partial charge in [-0.2, -0.15) is 0 Å². The summed E-state index contributed by atoms with van der Waals surface area (Å²) in [4.78, 5) is 23.9. The fourth-order valence-electron chi connectivity index (χ4n) is 1.93. The van der Waals surface area contributed by atoms with Gasteiger partial charge in [-0.15, -0.1) is 0 Å². The van der Waals surface area contributed by atoms with Gasteiger partial charge in [0.15, 0.2) is 0 Å². The summed E-state index contributed by atoms with van der Waals surface area (Å²) in [5.74, 6) is -0.0708. The summed E-state index contributed by atoms with van der Waals surface area (Å²) in [6.45, 7) is 1.52. The van der Waals surface area contributed by atoms with Crippen molar-refractivity contribution < 1.29 is 4.79 Å². The molecule has 1 unspecified atom stereocenters. The first kappa shape index (κ1) is 12.3. The van der Waals surface area contributed by atoms with Crippen LogP contribution in [-0.4, -0.2) is 58.9 Å². The third-order valence-corrected chi connectivity index (χ3v) is 3.22. The molecule has 5 nitrogen and oxygen atoms in total. The Morgan fingerprint density at radius 2 is 2.24 bits per heavy atom. The molecule has 0 spiro atoms. The summed E-state index contributed by atoms with van der Waals surface area (Å²) >= 11 is 5.64. The number of likely N-dealkylation sites (N-methyl/N-ethyl adjacent to an activating group) is 1. The maximum absolute atomic E-state index is 12.1. The van der Waals surface area contributed by atoms with Gasteiger partial charge in [0.05, 0.1) is 12.4 Å². The predicted octanol–water partition coefficient (Wildman–Crippen LogP) is 0.906. The van der Waals surface area contributed by atoms with Crippen molar-refractivity contribution in [1.82, 2.24) is 19.8 Å². The van der Waals surface area contributed by atoms with E-state index < -0.39 is 0 Å². The summed E-state index contributed by atoms with van der Waals surface area (Å²) in [7, 11) is 4.06. The Morgan fingerprint density at radius 1 is 1.47 bits per heavy atom. The first-order valence-electron chi connectivity index (χ1n) is 5.51. The second-order valence-electron chi connectivity index (χ2n) is 4.38. The lowest BCUT2D eigenvalue weighted by Gasteiger charge is -2.20. The van der Waals surface area contributed by atoms with Gasteiger partial charge in [0.1, 0.15) is 10.8 Å². The fraction of sp³-hybridized carbons (Fsp3) is 0.545. The number of nitrogens with zero attached hydrogens (tertiary/aromatic N) is 4. The standard InChI is InChI=1S/C11H15ClN4O/c1-15(2)8-3-4-16(7-8)11(17)9-5-14-10(12)6-13-9/h5-6,8H,3-4,7H2,1-2H3. The van der Waals surface area contributed by atoms with E-state index in [1.54, 1.807) is 0 Å². The van der Waals surface area contributed by atoms with Gasteiger partial charge in [0.25, 0.3) is 5.91 Å². The number of amides is 1. The van der Waals surface area contributed by atoms with Crippen molar-refractivity contribution in [3.05, 3.63) is 23.2 Å². The van der Waals surface area contributed by atoms with Crippen LogP contribution in [0.15, 0.2) is 12.4 Å². The topological polar surface area (TPSA) is 49.3 Å². The highest BCUT2D eigenvalue weighted by Gasteiger charge is 2.28. The SMILES string of the molecule is CN(C)C1CCN(C(=O)c2cnc(Cl)cn2)C1. The van der Waals surface area contributed by atoms with Crippen molar-refractivity contribution in [3.63, 3.8) is 0 Å². The Kier molecular flexibility index (Phi) is 3.59. The summed E-state index contributed by atoms with van der Waals surface area (Å²) in [6, 6.07) is 0.430. The third-order valence-electron chi connectivity index (χ3n) is 3.02. The van der Waals surface area contributed by atoms with Crippen molar-refractivity contribution >= 4 is 17.5 Å². The van der Waals surface area contributed by atoms with E-state index in [0.29, 0.717) is 16.9 Å². The van der Waals surface area contributed by atoms with Crippen LogP contribution in [0.25, 0.3) is 0 Å². The fourth-order valence-corrected chi connectivity index (χ4v) is 2.03. The Labute approximate surface area is 105 Å². The molecule has 2 rings (SSSR count). The highest BCUT2D eigenvalue weighted by molar-refractivity contribution is 6.29. The van der Waals surface area contributed by atoms with Gasteiger partial charge < -0.3 is 9.80 Å². The van der Waals surface area contributed by atoms with E-state index in [0.717, 1.165) is 19.5 Å². The zero-order valence-electron chi connectivity index (χ0n) is 9.93. The third kappa shape index (κ3) is 2.73. The quantitative estimate of drug-likeness (QED) is 0.787. The van der Waals surface area contributed by atoms with Gasteiger partial charge in [-0.05, 0) is 20.5 Å². The van der Waals surface area contributed by atoms with Crippen molar-refractivity contribution in [1.29, 1.82) is 0 Å². The van der Waals surface area contributed by atoms with Gasteiger partial charge in [0, 0.05) is 19.1 Å². The lowest BCUT2D eigenvalue weighted by Crippen LogP contribution is -2.34. The van der Waals surface area contributed by atoms with Crippen molar-refractivity contribution in [3.8, 4) is 0 Å². The monoisotopic (exact) mass is 254 g/mol. The second kappa shape index (κ2) is 4.98. The summed E-state index contributed by atoms with van der Waals surface area (Å²) in [5, 5.41) is 0.300. The maximum atomic E-state index is 12.1. The summed E-state index contributed by atoms with van der Waals surface area (Å²) < 4.78 is 0. The first-order valence-corrected chi connectivity index (χ1v) is 5.89. The highest BCUT2D eigenvalue weighted by atomic mass is 35.5. The van der Waals surface area contributed by atoms with E-state index >= 15 is 0 Å². The number of hydrogen-bond acceptors (Lipinski definition) is 4. The second-order valence-corrected chi connectivity index (χ2v) is 4.77. The van der Waals surface area contributed by atoms with E-state index in [1.165, 1.54) is 12.4 Å². The predicted molar refractivity (Wildman–Crippen MR) is 65.0 cm³/mol. The molecule has 1 atom stereocenters. The summed E-state index contributed by atoms with van der Waals surface area (Å²) in [6.07, 6.45) is 3.82. The van der Waals surface area contributed by atoms with Gasteiger partial charge in [-0.3, -0.25) is 4.79 Å². The Morgan fingerprint density at radius 3 is 2.76 bits per heavy atom. The minimum atomic E-state index is -0.0708. The number of rotatable bonds is 2. The van der Waals surface area contributed by atoms with E-state index in [4.69, 9.17) is 11.6 Å². The molecule has 1 aliphatic heterocycles. The van der Waals surface area contributed by atoms with Crippen LogP contribution >= 0.6 is 11.6 Å². The Balaban J connectivity index is 2.04. The van der Waals surface area contributed by atoms with Crippen LogP contribution in [0.2, 0.25) is 5.15 Å². The molecule has 1 aromatic heterocycles. The molecule has 1 fully saturated rings. The van der Waals surface area contributed by atoms with E-state index in [9.17, 15) is 4.79 Å². The van der Waals surface area contributed by atoms with Crippen LogP contribution in [0.1, 0.15) is 16.9 Å². The molecule has 0 saturated carbocycles. The molecule has 1 amide bonds. The van der Waals surface area contributed by atoms with Crippen LogP contribution < -0.4 is 0 Å². The average Bonchev–Trinajstić information content (AvgIpc) is 2.78. The average molecular weight is 255 g/mol. The molecule has 1 aromatic rings. The molecular formula is C11H15ClN4O. The Hall–Kier alpha value is -1.20. The zero-order valence-corrected chi connectivity index (χ0v) is 10.7. The van der Waals surface area contributed by atoms with E-state index in [2.05, 4.69) is 14.9 Å². The maximum Gasteiger partial charge on any atom is 0.274 e. The zero-order chi connectivity index (χ0) is 12.4. The Bertz CT molecular complexity index is 406. The van der Waals surface area contributed by atoms with Crippen molar-refractivity contribution in [2.45, 2.75) is 12.5 Å². The number of carbonyl (C=O) groups excluding carboxylic acids is 1. The van der Waals surface area contributed by atoms with Crippen LogP contribution in [0.5, 0.6) is 0 Å². The number of halogens is 1. The summed E-state index contributed by atoms with van der Waals surface area (Å²) in [5.41, 5.74) is 0.355. The number of hydrogen-bond donors (Lipinski definition) is 0. The molecule has 2 heterocycles. The van der Waals surface area contributed by atoms with Crippen molar-refractivity contribution in [2.24, 2.45) is 0 Å². The molecule has 0 aromatic carbocycles. The lowest BCUT2D eigenvalue weighted by molar-refractivity contribution is 0.0777. The van der Waals surface area contributed by atoms with Crippen LogP contribution in [-0.2, 0) is 0 Å². The van der Waals surface area contributed by atoms with E-state index in [-0.39, 0.29) is 5.91 Å². The minimum absolute atomic E-state index is 0.0708. The highest BCUT2D eigenvalue weighted by Crippen LogP contribution is 2.15. The lowest BCUT2D eigenvalue weighted by atomic mass is 10.2. The molecule has 92 valence electrons. The van der Waals surface area contributed by atoms with Crippen LogP contribution in [0, 0.1) is 0 Å². The normalized spacial score (nSPS) is 20.0. The van der Waals surface area contributed by atoms with Gasteiger partial charge in [-0.1, -0.05) is 11.6 Å². The number of carbonyl (C=O) groups is 1. The molecule has 0 radical (unpaired) electrons. The minimum Gasteiger partial charge on any atom is -0.336 e. The molecular weight excluding hydrogens is 240 g/mol. The number of likely N-dealkylation sites (tertiary alicyclic amines) is 1. The smallest absolute Gasteiger partial charge is 0.274 e. The molecule has 6 heteroatoms. The number of aromatic nitrogens is 2. The van der Waals surface area contributed by atoms with Gasteiger partial charge >= 0.3 is 0 Å². The van der Waals surface area contributed by atoms with Crippen LogP contribution in [0.3, 0.4) is 0 Å². The van der Waals surface area contributed by atoms with Gasteiger partial charge in [-0.25, -0.2) is 9.97 Å². The molecule has 17 heavy (non-hydrogen) atoms. The van der Waals surface area contributed by atoms with Crippen LogP contribution in [0.4, 0.5) is 0 Å². The first-order chi connectivity index (χ1) is 8.08. The van der Waals surface area contributed by atoms with Crippen molar-refractivity contribution in [2.75, 3.05) is 27.2 Å². The van der Waals surface area contributed by atoms with Gasteiger partial charge in [0.2, 0.25) is 0 Å². The molecule has 0 N–H and O–H groups in total. The molecule has 1 saturated heterocycles. The molecule has 0 aliphatic carbocycles. The van der Waals surface area contributed by atoms with E-state index in [1.807, 2.05) is 19.0 Å². The molecule has 1 aliphatic rings. The largest absolute Gasteiger partial charge is 0.336 e. The molecule has 0 bridgehead atoms.